The van der Waals surface area contributed by atoms with Crippen molar-refractivity contribution in [2.24, 2.45) is 11.5 Å². The number of hydrogen-bond donors (Lipinski definition) is 3. The molecule has 0 aromatic rings. The van der Waals surface area contributed by atoms with E-state index in [4.69, 9.17) is 11.5 Å². The SMILES string of the molecule is C=C(/C=C(C)\C=C/N)/C(N)=C/C(=C\C)C(=C)O. The van der Waals surface area contributed by atoms with Crippen LogP contribution in [-0.4, -0.2) is 5.11 Å². The molecule has 92 valence electrons. The Balaban J connectivity index is 5.01. The number of aliphatic hydroxyl groups excluding tert-OH is 1. The van der Waals surface area contributed by atoms with Gasteiger partial charge in [-0.2, -0.15) is 0 Å². The molecule has 0 bridgehead atoms. The molecule has 0 saturated heterocycles. The van der Waals surface area contributed by atoms with Crippen LogP contribution in [0.15, 0.2) is 71.8 Å². The van der Waals surface area contributed by atoms with Crippen molar-refractivity contribution >= 4 is 0 Å². The lowest BCUT2D eigenvalue weighted by molar-refractivity contribution is 0.429. The van der Waals surface area contributed by atoms with Gasteiger partial charge in [-0.15, -0.1) is 0 Å². The van der Waals surface area contributed by atoms with E-state index in [2.05, 4.69) is 13.2 Å². The average Bonchev–Trinajstić information content (AvgIpc) is 2.25. The summed E-state index contributed by atoms with van der Waals surface area (Å²) in [5, 5.41) is 9.27. The van der Waals surface area contributed by atoms with Crippen molar-refractivity contribution < 1.29 is 5.11 Å². The summed E-state index contributed by atoms with van der Waals surface area (Å²) in [5.41, 5.74) is 13.8. The maximum atomic E-state index is 9.27. The van der Waals surface area contributed by atoms with E-state index in [9.17, 15) is 5.11 Å². The van der Waals surface area contributed by atoms with Gasteiger partial charge in [-0.3, -0.25) is 0 Å². The maximum absolute atomic E-state index is 9.27. The van der Waals surface area contributed by atoms with Crippen LogP contribution < -0.4 is 11.5 Å². The summed E-state index contributed by atoms with van der Waals surface area (Å²) < 4.78 is 0. The lowest BCUT2D eigenvalue weighted by Crippen LogP contribution is -2.00. The highest BCUT2D eigenvalue weighted by Gasteiger charge is 1.99. The zero-order chi connectivity index (χ0) is 13.4. The number of rotatable bonds is 5. The molecule has 0 aromatic heterocycles. The molecule has 0 amide bonds. The zero-order valence-corrected chi connectivity index (χ0v) is 10.4. The molecule has 0 spiro atoms. The van der Waals surface area contributed by atoms with Gasteiger partial charge in [-0.05, 0) is 43.3 Å². The molecule has 3 heteroatoms. The minimum Gasteiger partial charge on any atom is -0.508 e. The van der Waals surface area contributed by atoms with E-state index in [-0.39, 0.29) is 5.76 Å². The fraction of sp³-hybridized carbons (Fsp3) is 0.143. The summed E-state index contributed by atoms with van der Waals surface area (Å²) in [5.74, 6) is -0.0224. The summed E-state index contributed by atoms with van der Waals surface area (Å²) >= 11 is 0. The van der Waals surface area contributed by atoms with Crippen LogP contribution in [0.3, 0.4) is 0 Å². The normalized spacial score (nSPS) is 14.1. The van der Waals surface area contributed by atoms with Crippen LogP contribution in [0, 0.1) is 0 Å². The lowest BCUT2D eigenvalue weighted by Gasteiger charge is -2.04. The number of allylic oxidation sites excluding steroid dienone is 5. The largest absolute Gasteiger partial charge is 0.508 e. The first-order chi connectivity index (χ1) is 7.92. The van der Waals surface area contributed by atoms with E-state index in [1.807, 2.05) is 13.0 Å². The summed E-state index contributed by atoms with van der Waals surface area (Å²) in [6, 6.07) is 0. The van der Waals surface area contributed by atoms with Gasteiger partial charge < -0.3 is 16.6 Å². The minimum absolute atomic E-state index is 0.0224. The van der Waals surface area contributed by atoms with Gasteiger partial charge in [0.1, 0.15) is 5.76 Å². The van der Waals surface area contributed by atoms with Gasteiger partial charge in [0.2, 0.25) is 0 Å². The molecule has 0 saturated carbocycles. The average molecular weight is 232 g/mol. The lowest BCUT2D eigenvalue weighted by atomic mass is 10.1. The highest BCUT2D eigenvalue weighted by Crippen LogP contribution is 2.13. The van der Waals surface area contributed by atoms with Gasteiger partial charge in [-0.25, -0.2) is 0 Å². The molecule has 0 radical (unpaired) electrons. The first kappa shape index (κ1) is 14.8. The molecule has 0 aliphatic carbocycles. The first-order valence-electron chi connectivity index (χ1n) is 5.20. The Bertz CT molecular complexity index is 424. The molecule has 0 aliphatic rings. The van der Waals surface area contributed by atoms with Crippen LogP contribution in [0.25, 0.3) is 0 Å². The topological polar surface area (TPSA) is 72.3 Å². The summed E-state index contributed by atoms with van der Waals surface area (Å²) in [6.07, 6.45) is 8.36. The Morgan fingerprint density at radius 1 is 1.24 bits per heavy atom. The van der Waals surface area contributed by atoms with E-state index >= 15 is 0 Å². The summed E-state index contributed by atoms with van der Waals surface area (Å²) in [7, 11) is 0. The Hall–Kier alpha value is -2.16. The molecule has 0 unspecified atom stereocenters. The van der Waals surface area contributed by atoms with E-state index in [0.29, 0.717) is 16.8 Å². The Labute approximate surface area is 103 Å². The van der Waals surface area contributed by atoms with Crippen molar-refractivity contribution in [3.63, 3.8) is 0 Å². The molecular formula is C14H20N2O. The smallest absolute Gasteiger partial charge is 0.115 e. The Kier molecular flexibility index (Phi) is 6.26. The molecule has 0 atom stereocenters. The third kappa shape index (κ3) is 5.47. The van der Waals surface area contributed by atoms with Crippen molar-refractivity contribution in [1.82, 2.24) is 0 Å². The summed E-state index contributed by atoms with van der Waals surface area (Å²) in [6.45, 7) is 11.0. The molecule has 17 heavy (non-hydrogen) atoms. The second kappa shape index (κ2) is 7.17. The second-order valence-electron chi connectivity index (χ2n) is 3.56. The summed E-state index contributed by atoms with van der Waals surface area (Å²) in [4.78, 5) is 0. The van der Waals surface area contributed by atoms with E-state index in [1.54, 1.807) is 25.2 Å². The van der Waals surface area contributed by atoms with Gasteiger partial charge in [0, 0.05) is 11.3 Å². The fourth-order valence-corrected chi connectivity index (χ4v) is 1.15. The van der Waals surface area contributed by atoms with Crippen molar-refractivity contribution in [1.29, 1.82) is 0 Å². The van der Waals surface area contributed by atoms with Crippen LogP contribution in [0.4, 0.5) is 0 Å². The van der Waals surface area contributed by atoms with E-state index in [1.165, 1.54) is 6.20 Å². The standard InChI is InChI=1S/C14H20N2O/c1-5-13(12(4)17)9-14(16)11(3)8-10(2)6-7-15/h5-9,17H,3-4,15-16H2,1-2H3/b7-6-,10-8-,13-5+,14-9-. The fourth-order valence-electron chi connectivity index (χ4n) is 1.15. The maximum Gasteiger partial charge on any atom is 0.115 e. The van der Waals surface area contributed by atoms with E-state index < -0.39 is 0 Å². The van der Waals surface area contributed by atoms with Gasteiger partial charge in [0.15, 0.2) is 0 Å². The number of nitrogens with two attached hydrogens (primary N) is 2. The Morgan fingerprint density at radius 3 is 2.24 bits per heavy atom. The molecule has 5 N–H and O–H groups in total. The van der Waals surface area contributed by atoms with Crippen LogP contribution in [-0.2, 0) is 0 Å². The van der Waals surface area contributed by atoms with Crippen molar-refractivity contribution in [3.8, 4) is 0 Å². The third-order valence-corrected chi connectivity index (χ3v) is 2.09. The monoisotopic (exact) mass is 232 g/mol. The highest BCUT2D eigenvalue weighted by molar-refractivity contribution is 5.45. The Morgan fingerprint density at radius 2 is 1.82 bits per heavy atom. The zero-order valence-electron chi connectivity index (χ0n) is 10.4. The van der Waals surface area contributed by atoms with Crippen molar-refractivity contribution in [3.05, 3.63) is 71.8 Å². The molecule has 0 heterocycles. The van der Waals surface area contributed by atoms with Gasteiger partial charge >= 0.3 is 0 Å². The van der Waals surface area contributed by atoms with Gasteiger partial charge in [0.25, 0.3) is 0 Å². The first-order valence-corrected chi connectivity index (χ1v) is 5.20. The highest BCUT2D eigenvalue weighted by atomic mass is 16.3. The quantitative estimate of drug-likeness (QED) is 0.504. The molecule has 0 rings (SSSR count). The van der Waals surface area contributed by atoms with Crippen LogP contribution in [0.1, 0.15) is 13.8 Å². The van der Waals surface area contributed by atoms with Gasteiger partial charge in [0.05, 0.1) is 0 Å². The van der Waals surface area contributed by atoms with Crippen LogP contribution >= 0.6 is 0 Å². The number of hydrogen-bond acceptors (Lipinski definition) is 3. The van der Waals surface area contributed by atoms with Crippen molar-refractivity contribution in [2.45, 2.75) is 13.8 Å². The predicted octanol–water partition coefficient (Wildman–Crippen LogP) is 2.82. The number of aliphatic hydroxyl groups is 1. The third-order valence-electron chi connectivity index (χ3n) is 2.09. The molecule has 3 nitrogen and oxygen atoms in total. The molecule has 0 aromatic carbocycles. The van der Waals surface area contributed by atoms with Crippen LogP contribution in [0.2, 0.25) is 0 Å². The van der Waals surface area contributed by atoms with Crippen molar-refractivity contribution in [2.75, 3.05) is 0 Å². The molecule has 0 aliphatic heterocycles. The van der Waals surface area contributed by atoms with Gasteiger partial charge in [-0.1, -0.05) is 25.3 Å². The second-order valence-corrected chi connectivity index (χ2v) is 3.56. The van der Waals surface area contributed by atoms with Crippen LogP contribution in [0.5, 0.6) is 0 Å². The molecule has 0 fully saturated rings. The van der Waals surface area contributed by atoms with E-state index in [0.717, 1.165) is 5.57 Å². The molecular weight excluding hydrogens is 212 g/mol. The minimum atomic E-state index is -0.0224. The predicted molar refractivity (Wildman–Crippen MR) is 74.0 cm³/mol.